The van der Waals surface area contributed by atoms with E-state index in [0.717, 1.165) is 15.5 Å². The van der Waals surface area contributed by atoms with Crippen molar-refractivity contribution in [1.29, 1.82) is 0 Å². The van der Waals surface area contributed by atoms with E-state index < -0.39 is 0 Å². The molecule has 3 nitrogen and oxygen atoms in total. The molecule has 5 heteroatoms. The van der Waals surface area contributed by atoms with Crippen molar-refractivity contribution in [3.05, 3.63) is 22.7 Å². The van der Waals surface area contributed by atoms with Gasteiger partial charge >= 0.3 is 0 Å². The molecule has 2 aromatic rings. The molecule has 0 bridgehead atoms. The summed E-state index contributed by atoms with van der Waals surface area (Å²) in [5.41, 5.74) is 2.13. The highest BCUT2D eigenvalue weighted by Gasteiger charge is 2.18. The first-order valence-electron chi connectivity index (χ1n) is 5.43. The maximum atomic E-state index is 4.30. The number of hydrogen-bond donors (Lipinski definition) is 0. The lowest BCUT2D eigenvalue weighted by molar-refractivity contribution is 0.428. The van der Waals surface area contributed by atoms with Gasteiger partial charge in [-0.3, -0.25) is 0 Å². The normalized spacial score (nSPS) is 18.1. The van der Waals surface area contributed by atoms with Crippen LogP contribution >= 0.6 is 27.7 Å². The minimum absolute atomic E-state index is 0.535. The molecule has 1 saturated heterocycles. The smallest absolute Gasteiger partial charge is 0.114 e. The molecule has 1 aliphatic rings. The Hall–Kier alpha value is -0.550. The first-order chi connectivity index (χ1) is 7.84. The van der Waals surface area contributed by atoms with Crippen LogP contribution in [0.15, 0.2) is 22.7 Å². The molecule has 0 saturated carbocycles. The minimum atomic E-state index is 0.535. The van der Waals surface area contributed by atoms with Crippen LogP contribution in [0.5, 0.6) is 0 Å². The van der Waals surface area contributed by atoms with Gasteiger partial charge in [0.2, 0.25) is 0 Å². The molecule has 1 aromatic heterocycles. The molecular formula is C11H12BrN3S. The number of aromatic nitrogens is 3. The number of thioether (sulfide) groups is 1. The van der Waals surface area contributed by atoms with Crippen LogP contribution in [0.1, 0.15) is 18.9 Å². The van der Waals surface area contributed by atoms with Crippen LogP contribution < -0.4 is 0 Å². The number of halogens is 1. The first-order valence-corrected chi connectivity index (χ1v) is 7.37. The fraction of sp³-hybridized carbons (Fsp3) is 0.455. The highest BCUT2D eigenvalue weighted by Crippen LogP contribution is 2.29. The molecule has 0 radical (unpaired) electrons. The van der Waals surface area contributed by atoms with Gasteiger partial charge in [0.1, 0.15) is 5.52 Å². The summed E-state index contributed by atoms with van der Waals surface area (Å²) in [5.74, 6) is 2.48. The summed E-state index contributed by atoms with van der Waals surface area (Å²) < 4.78 is 3.16. The van der Waals surface area contributed by atoms with E-state index in [4.69, 9.17) is 0 Å². The van der Waals surface area contributed by atoms with E-state index in [1.54, 1.807) is 0 Å². The number of hydrogen-bond acceptors (Lipinski definition) is 3. The summed E-state index contributed by atoms with van der Waals surface area (Å²) in [7, 11) is 0. The zero-order valence-corrected chi connectivity index (χ0v) is 11.2. The van der Waals surface area contributed by atoms with E-state index in [1.165, 1.54) is 24.3 Å². The third-order valence-corrected chi connectivity index (χ3v) is 4.51. The van der Waals surface area contributed by atoms with E-state index in [1.807, 2.05) is 17.8 Å². The summed E-state index contributed by atoms with van der Waals surface area (Å²) in [6.45, 7) is 0. The Kier molecular flexibility index (Phi) is 2.90. The second-order valence-electron chi connectivity index (χ2n) is 4.01. The molecule has 3 rings (SSSR count). The molecule has 0 aliphatic carbocycles. The second-order valence-corrected chi connectivity index (χ2v) is 6.15. The lowest BCUT2D eigenvalue weighted by Crippen LogP contribution is -2.16. The molecule has 1 fully saturated rings. The molecule has 0 atom stereocenters. The summed E-state index contributed by atoms with van der Waals surface area (Å²) in [6.07, 6.45) is 2.42. The van der Waals surface area contributed by atoms with Crippen LogP contribution in [0.2, 0.25) is 0 Å². The third kappa shape index (κ3) is 1.86. The Bertz CT molecular complexity index is 505. The lowest BCUT2D eigenvalue weighted by Gasteiger charge is -2.21. The van der Waals surface area contributed by atoms with E-state index in [9.17, 15) is 0 Å². The number of nitrogens with zero attached hydrogens (tertiary/aromatic N) is 3. The summed E-state index contributed by atoms with van der Waals surface area (Å²) in [6, 6.07) is 6.71. The largest absolute Gasteiger partial charge is 0.242 e. The maximum Gasteiger partial charge on any atom is 0.114 e. The highest BCUT2D eigenvalue weighted by atomic mass is 79.9. The molecule has 84 valence electrons. The average molecular weight is 298 g/mol. The molecule has 0 N–H and O–H groups in total. The van der Waals surface area contributed by atoms with Gasteiger partial charge in [0, 0.05) is 4.47 Å². The predicted molar refractivity (Wildman–Crippen MR) is 70.8 cm³/mol. The first kappa shape index (κ1) is 10.6. The highest BCUT2D eigenvalue weighted by molar-refractivity contribution is 9.10. The van der Waals surface area contributed by atoms with Crippen LogP contribution in [0, 0.1) is 0 Å². The van der Waals surface area contributed by atoms with E-state index in [0.29, 0.717) is 6.04 Å². The Labute approximate surface area is 107 Å². The number of benzene rings is 1. The molecule has 0 amide bonds. The van der Waals surface area contributed by atoms with Crippen molar-refractivity contribution in [3.63, 3.8) is 0 Å². The van der Waals surface area contributed by atoms with Crippen LogP contribution in [0.3, 0.4) is 0 Å². The Morgan fingerprint density at radius 1 is 1.31 bits per heavy atom. The van der Waals surface area contributed by atoms with Crippen molar-refractivity contribution in [2.24, 2.45) is 0 Å². The van der Waals surface area contributed by atoms with Gasteiger partial charge in [-0.15, -0.1) is 5.10 Å². The van der Waals surface area contributed by atoms with Crippen molar-refractivity contribution >= 4 is 38.7 Å². The van der Waals surface area contributed by atoms with E-state index in [2.05, 4.69) is 43.1 Å². The van der Waals surface area contributed by atoms with Gasteiger partial charge in [0.25, 0.3) is 0 Å². The van der Waals surface area contributed by atoms with Gasteiger partial charge in [-0.05, 0) is 42.5 Å². The monoisotopic (exact) mass is 297 g/mol. The Morgan fingerprint density at radius 2 is 2.12 bits per heavy atom. The SMILES string of the molecule is Brc1ccc2c(c1)nnn2C1CCSCC1. The maximum absolute atomic E-state index is 4.30. The van der Waals surface area contributed by atoms with Crippen molar-refractivity contribution in [1.82, 2.24) is 15.0 Å². The fourth-order valence-corrected chi connectivity index (χ4v) is 3.55. The molecule has 0 unspecified atom stereocenters. The van der Waals surface area contributed by atoms with Crippen LogP contribution in [-0.4, -0.2) is 26.5 Å². The van der Waals surface area contributed by atoms with E-state index >= 15 is 0 Å². The molecule has 16 heavy (non-hydrogen) atoms. The van der Waals surface area contributed by atoms with Crippen LogP contribution in [-0.2, 0) is 0 Å². The summed E-state index contributed by atoms with van der Waals surface area (Å²) in [4.78, 5) is 0. The van der Waals surface area contributed by atoms with E-state index in [-0.39, 0.29) is 0 Å². The van der Waals surface area contributed by atoms with Crippen LogP contribution in [0.4, 0.5) is 0 Å². The Morgan fingerprint density at radius 3 is 2.94 bits per heavy atom. The van der Waals surface area contributed by atoms with Gasteiger partial charge < -0.3 is 0 Å². The van der Waals surface area contributed by atoms with Crippen molar-refractivity contribution < 1.29 is 0 Å². The fourth-order valence-electron chi connectivity index (χ4n) is 2.11. The average Bonchev–Trinajstić information content (AvgIpc) is 2.73. The van der Waals surface area contributed by atoms with Crippen molar-refractivity contribution in [2.45, 2.75) is 18.9 Å². The van der Waals surface area contributed by atoms with Gasteiger partial charge in [-0.25, -0.2) is 4.68 Å². The van der Waals surface area contributed by atoms with Gasteiger partial charge in [-0.2, -0.15) is 11.8 Å². The van der Waals surface area contributed by atoms with Gasteiger partial charge in [-0.1, -0.05) is 21.1 Å². The summed E-state index contributed by atoms with van der Waals surface area (Å²) in [5, 5.41) is 8.53. The minimum Gasteiger partial charge on any atom is -0.242 e. The topological polar surface area (TPSA) is 30.7 Å². The molecule has 2 heterocycles. The third-order valence-electron chi connectivity index (χ3n) is 2.97. The van der Waals surface area contributed by atoms with Crippen molar-refractivity contribution in [2.75, 3.05) is 11.5 Å². The molecule has 1 aromatic carbocycles. The molecule has 1 aliphatic heterocycles. The quantitative estimate of drug-likeness (QED) is 0.809. The van der Waals surface area contributed by atoms with Gasteiger partial charge in [0.05, 0.1) is 11.6 Å². The molecular weight excluding hydrogens is 286 g/mol. The Balaban J connectivity index is 2.03. The van der Waals surface area contributed by atoms with Crippen molar-refractivity contribution in [3.8, 4) is 0 Å². The zero-order valence-electron chi connectivity index (χ0n) is 8.77. The zero-order chi connectivity index (χ0) is 11.0. The van der Waals surface area contributed by atoms with Gasteiger partial charge in [0.15, 0.2) is 0 Å². The van der Waals surface area contributed by atoms with Crippen LogP contribution in [0.25, 0.3) is 11.0 Å². The number of fused-ring (bicyclic) bond motifs is 1. The summed E-state index contributed by atoms with van der Waals surface area (Å²) >= 11 is 5.49. The lowest BCUT2D eigenvalue weighted by atomic mass is 10.1. The predicted octanol–water partition coefficient (Wildman–Crippen LogP) is 3.26. The standard InChI is InChI=1S/C11H12BrN3S/c12-8-1-2-11-10(7-8)13-14-15(11)9-3-5-16-6-4-9/h1-2,7,9H,3-6H2. The number of rotatable bonds is 1. The molecule has 0 spiro atoms. The second kappa shape index (κ2) is 4.37.